The molecule has 2 N–H and O–H groups in total. The van der Waals surface area contributed by atoms with E-state index in [4.69, 9.17) is 0 Å². The van der Waals surface area contributed by atoms with Crippen LogP contribution in [0.4, 0.5) is 0 Å². The lowest BCUT2D eigenvalue weighted by atomic mass is 10.1. The average Bonchev–Trinajstić information content (AvgIpc) is 3.00. The summed E-state index contributed by atoms with van der Waals surface area (Å²) in [5.41, 5.74) is 3.94. The Kier molecular flexibility index (Phi) is 3.29. The Morgan fingerprint density at radius 1 is 1.05 bits per heavy atom. The smallest absolute Gasteiger partial charge is 0.271 e. The summed E-state index contributed by atoms with van der Waals surface area (Å²) in [5, 5.41) is 6.06. The molecule has 1 amide bonds. The van der Waals surface area contributed by atoms with Crippen molar-refractivity contribution in [2.75, 3.05) is 0 Å². The van der Waals surface area contributed by atoms with Crippen molar-refractivity contribution in [1.82, 2.24) is 10.4 Å². The summed E-state index contributed by atoms with van der Waals surface area (Å²) in [6.45, 7) is 0. The second-order valence-electron chi connectivity index (χ2n) is 4.39. The first-order valence-corrected chi connectivity index (χ1v) is 6.28. The number of nitrogens with zero attached hydrogens (tertiary/aromatic N) is 1. The Morgan fingerprint density at radius 2 is 1.90 bits per heavy atom. The Morgan fingerprint density at radius 3 is 2.70 bits per heavy atom. The second kappa shape index (κ2) is 5.40. The third-order valence-corrected chi connectivity index (χ3v) is 3.00. The van der Waals surface area contributed by atoms with Crippen LogP contribution in [0.1, 0.15) is 16.1 Å². The number of fused-ring (bicyclic) bond motifs is 1. The number of hydrazone groups is 1. The Balaban J connectivity index is 1.75. The molecule has 0 spiro atoms. The minimum Gasteiger partial charge on any atom is -0.360 e. The molecule has 0 radical (unpaired) electrons. The molecule has 0 aliphatic carbocycles. The normalized spacial score (nSPS) is 11.0. The van der Waals surface area contributed by atoms with Gasteiger partial charge in [-0.25, -0.2) is 5.43 Å². The van der Waals surface area contributed by atoms with Gasteiger partial charge in [0.25, 0.3) is 5.91 Å². The van der Waals surface area contributed by atoms with Gasteiger partial charge >= 0.3 is 0 Å². The summed E-state index contributed by atoms with van der Waals surface area (Å²) >= 11 is 0. The van der Waals surface area contributed by atoms with Gasteiger partial charge in [0.15, 0.2) is 0 Å². The zero-order chi connectivity index (χ0) is 13.8. The van der Waals surface area contributed by atoms with Crippen LogP contribution in [0.5, 0.6) is 0 Å². The van der Waals surface area contributed by atoms with E-state index in [1.807, 2.05) is 48.5 Å². The van der Waals surface area contributed by atoms with Crippen LogP contribution in [0, 0.1) is 0 Å². The summed E-state index contributed by atoms with van der Waals surface area (Å²) in [5.74, 6) is -0.224. The minimum atomic E-state index is -0.224. The zero-order valence-electron chi connectivity index (χ0n) is 10.7. The van der Waals surface area contributed by atoms with Gasteiger partial charge in [0.1, 0.15) is 0 Å². The predicted octanol–water partition coefficient (Wildman–Crippen LogP) is 2.93. The van der Waals surface area contributed by atoms with E-state index in [-0.39, 0.29) is 5.91 Å². The number of hydrogen-bond donors (Lipinski definition) is 2. The van der Waals surface area contributed by atoms with Crippen molar-refractivity contribution in [3.8, 4) is 0 Å². The van der Waals surface area contributed by atoms with Crippen LogP contribution in [-0.4, -0.2) is 17.1 Å². The molecule has 98 valence electrons. The quantitative estimate of drug-likeness (QED) is 0.554. The van der Waals surface area contributed by atoms with Gasteiger partial charge in [0.05, 0.1) is 11.9 Å². The highest BCUT2D eigenvalue weighted by Crippen LogP contribution is 2.15. The minimum absolute atomic E-state index is 0.224. The Bertz CT molecular complexity index is 760. The number of aromatic amines is 1. The van der Waals surface area contributed by atoms with Crippen LogP contribution in [0.15, 0.2) is 65.9 Å². The highest BCUT2D eigenvalue weighted by molar-refractivity contribution is 5.98. The molecule has 2 aromatic carbocycles. The predicted molar refractivity (Wildman–Crippen MR) is 79.8 cm³/mol. The van der Waals surface area contributed by atoms with Crippen LogP contribution in [0.25, 0.3) is 10.8 Å². The van der Waals surface area contributed by atoms with Crippen LogP contribution in [0.3, 0.4) is 0 Å². The highest BCUT2D eigenvalue weighted by atomic mass is 16.2. The number of carbonyl (C=O) groups excluding carboxylic acids is 1. The molecule has 20 heavy (non-hydrogen) atoms. The third-order valence-electron chi connectivity index (χ3n) is 3.00. The summed E-state index contributed by atoms with van der Waals surface area (Å²) in [6.07, 6.45) is 3.37. The molecule has 1 aromatic heterocycles. The highest BCUT2D eigenvalue weighted by Gasteiger charge is 2.04. The molecule has 4 nitrogen and oxygen atoms in total. The zero-order valence-corrected chi connectivity index (χ0v) is 10.7. The SMILES string of the molecule is O=C(N/N=C\c1ccc[nH]1)c1ccc2ccccc2c1. The monoisotopic (exact) mass is 263 g/mol. The molecule has 0 bridgehead atoms. The molecular formula is C16H13N3O. The largest absolute Gasteiger partial charge is 0.360 e. The van der Waals surface area contributed by atoms with E-state index >= 15 is 0 Å². The molecule has 0 aliphatic rings. The van der Waals surface area contributed by atoms with Gasteiger partial charge in [-0.15, -0.1) is 0 Å². The topological polar surface area (TPSA) is 57.2 Å². The summed E-state index contributed by atoms with van der Waals surface area (Å²) in [6, 6.07) is 17.2. The number of H-pyrrole nitrogens is 1. The maximum atomic E-state index is 12.0. The molecule has 0 fully saturated rings. The number of benzene rings is 2. The van der Waals surface area contributed by atoms with E-state index in [1.54, 1.807) is 18.5 Å². The lowest BCUT2D eigenvalue weighted by Crippen LogP contribution is -2.17. The van der Waals surface area contributed by atoms with Crippen LogP contribution >= 0.6 is 0 Å². The molecule has 0 aliphatic heterocycles. The number of nitrogens with one attached hydrogen (secondary N) is 2. The maximum absolute atomic E-state index is 12.0. The Hall–Kier alpha value is -2.88. The van der Waals surface area contributed by atoms with E-state index < -0.39 is 0 Å². The fourth-order valence-electron chi connectivity index (χ4n) is 1.98. The summed E-state index contributed by atoms with van der Waals surface area (Å²) in [7, 11) is 0. The average molecular weight is 263 g/mol. The number of carbonyl (C=O) groups is 1. The van der Waals surface area contributed by atoms with E-state index in [9.17, 15) is 4.79 Å². The first-order chi connectivity index (χ1) is 9.83. The van der Waals surface area contributed by atoms with Crippen molar-refractivity contribution in [3.63, 3.8) is 0 Å². The molecule has 3 rings (SSSR count). The summed E-state index contributed by atoms with van der Waals surface area (Å²) < 4.78 is 0. The fraction of sp³-hybridized carbons (Fsp3) is 0. The molecule has 4 heteroatoms. The van der Waals surface area contributed by atoms with Crippen LogP contribution < -0.4 is 5.43 Å². The van der Waals surface area contributed by atoms with Crippen molar-refractivity contribution in [3.05, 3.63) is 72.1 Å². The lowest BCUT2D eigenvalue weighted by Gasteiger charge is -2.02. The number of amides is 1. The van der Waals surface area contributed by atoms with E-state index in [0.717, 1.165) is 16.5 Å². The van der Waals surface area contributed by atoms with Gasteiger partial charge in [0, 0.05) is 11.8 Å². The molecule has 0 saturated heterocycles. The number of hydrogen-bond acceptors (Lipinski definition) is 2. The number of rotatable bonds is 3. The van der Waals surface area contributed by atoms with Crippen molar-refractivity contribution >= 4 is 22.9 Å². The lowest BCUT2D eigenvalue weighted by molar-refractivity contribution is 0.0955. The second-order valence-corrected chi connectivity index (χ2v) is 4.39. The third kappa shape index (κ3) is 2.59. The van der Waals surface area contributed by atoms with Gasteiger partial charge in [-0.1, -0.05) is 30.3 Å². The first kappa shape index (κ1) is 12.2. The Labute approximate surface area is 116 Å². The van der Waals surface area contributed by atoms with Crippen molar-refractivity contribution in [1.29, 1.82) is 0 Å². The maximum Gasteiger partial charge on any atom is 0.271 e. The first-order valence-electron chi connectivity index (χ1n) is 6.28. The van der Waals surface area contributed by atoms with Crippen LogP contribution in [-0.2, 0) is 0 Å². The van der Waals surface area contributed by atoms with Gasteiger partial charge in [-0.05, 0) is 35.0 Å². The van der Waals surface area contributed by atoms with Crippen LogP contribution in [0.2, 0.25) is 0 Å². The fourth-order valence-corrected chi connectivity index (χ4v) is 1.98. The molecule has 0 saturated carbocycles. The van der Waals surface area contributed by atoms with E-state index in [1.165, 1.54) is 0 Å². The summed E-state index contributed by atoms with van der Waals surface area (Å²) in [4.78, 5) is 15.0. The standard InChI is InChI=1S/C16H13N3O/c20-16(19-18-11-15-6-3-9-17-15)14-8-7-12-4-1-2-5-13(12)10-14/h1-11,17H,(H,19,20)/b18-11-. The number of aromatic nitrogens is 1. The molecule has 3 aromatic rings. The molecule has 0 unspecified atom stereocenters. The van der Waals surface area contributed by atoms with Crippen molar-refractivity contribution < 1.29 is 4.79 Å². The van der Waals surface area contributed by atoms with Crippen molar-refractivity contribution in [2.24, 2.45) is 5.10 Å². The molecular weight excluding hydrogens is 250 g/mol. The van der Waals surface area contributed by atoms with Gasteiger partial charge in [-0.2, -0.15) is 5.10 Å². The molecule has 1 heterocycles. The van der Waals surface area contributed by atoms with E-state index in [2.05, 4.69) is 15.5 Å². The van der Waals surface area contributed by atoms with Gasteiger partial charge in [0.2, 0.25) is 0 Å². The van der Waals surface area contributed by atoms with Crippen molar-refractivity contribution in [2.45, 2.75) is 0 Å². The van der Waals surface area contributed by atoms with Gasteiger partial charge < -0.3 is 4.98 Å². The molecule has 0 atom stereocenters. The van der Waals surface area contributed by atoms with E-state index in [0.29, 0.717) is 5.56 Å². The van der Waals surface area contributed by atoms with Gasteiger partial charge in [-0.3, -0.25) is 4.79 Å².